The zero-order chi connectivity index (χ0) is 20.0. The maximum Gasteiger partial charge on any atom is 0.226 e. The largest absolute Gasteiger partial charge is 0.491 e. The van der Waals surface area contributed by atoms with Crippen molar-refractivity contribution in [3.05, 3.63) is 47.4 Å². The van der Waals surface area contributed by atoms with Gasteiger partial charge in [-0.1, -0.05) is 17.4 Å². The highest BCUT2D eigenvalue weighted by molar-refractivity contribution is 7.21. The summed E-state index contributed by atoms with van der Waals surface area (Å²) in [6.07, 6.45) is 1.84. The molecule has 0 spiro atoms. The van der Waals surface area contributed by atoms with Crippen LogP contribution in [0.15, 0.2) is 36.5 Å². The lowest BCUT2D eigenvalue weighted by atomic mass is 10.0. The average Bonchev–Trinajstić information content (AvgIpc) is 2.92. The van der Waals surface area contributed by atoms with Crippen LogP contribution >= 0.6 is 22.9 Å². The van der Waals surface area contributed by atoms with Crippen molar-refractivity contribution in [2.45, 2.75) is 6.54 Å². The molecule has 5 rings (SSSR count). The van der Waals surface area contributed by atoms with E-state index in [2.05, 4.69) is 30.9 Å². The number of aromatic nitrogens is 4. The number of rotatable bonds is 2. The van der Waals surface area contributed by atoms with Gasteiger partial charge >= 0.3 is 0 Å². The minimum Gasteiger partial charge on any atom is -0.491 e. The lowest BCUT2D eigenvalue weighted by molar-refractivity contribution is 0.331. The number of hydrogen-bond donors (Lipinski definition) is 2. The maximum atomic E-state index is 5.98. The molecule has 0 atom stereocenters. The van der Waals surface area contributed by atoms with Crippen LogP contribution in [0.1, 0.15) is 5.56 Å². The summed E-state index contributed by atoms with van der Waals surface area (Å²) in [5.41, 5.74) is 15.4. The van der Waals surface area contributed by atoms with Gasteiger partial charge in [0.05, 0.1) is 6.54 Å². The first-order valence-corrected chi connectivity index (χ1v) is 10.1. The third-order valence-electron chi connectivity index (χ3n) is 4.67. The summed E-state index contributed by atoms with van der Waals surface area (Å²) in [7, 11) is 0. The SMILES string of the molecule is Nc1cc(N2CCOc3ccc(-c4cnc5sc(N)nc5c4)cc3C2)nc(Cl)n1. The van der Waals surface area contributed by atoms with Crippen molar-refractivity contribution < 1.29 is 4.74 Å². The second-order valence-electron chi connectivity index (χ2n) is 6.61. The van der Waals surface area contributed by atoms with Crippen LogP contribution in [0, 0.1) is 0 Å². The molecule has 0 aliphatic carbocycles. The molecule has 1 aromatic carbocycles. The number of hydrogen-bond acceptors (Lipinski definition) is 9. The number of nitrogens with zero attached hydrogens (tertiary/aromatic N) is 5. The molecule has 0 bridgehead atoms. The van der Waals surface area contributed by atoms with Gasteiger partial charge < -0.3 is 21.1 Å². The number of halogens is 1. The summed E-state index contributed by atoms with van der Waals surface area (Å²) in [6, 6.07) is 9.81. The van der Waals surface area contributed by atoms with Gasteiger partial charge in [-0.3, -0.25) is 0 Å². The second kappa shape index (κ2) is 7.02. The summed E-state index contributed by atoms with van der Waals surface area (Å²) < 4.78 is 5.93. The third kappa shape index (κ3) is 3.50. The first-order valence-electron chi connectivity index (χ1n) is 8.88. The minimum atomic E-state index is 0.126. The zero-order valence-corrected chi connectivity index (χ0v) is 16.7. The Balaban J connectivity index is 1.51. The second-order valence-corrected chi connectivity index (χ2v) is 7.96. The summed E-state index contributed by atoms with van der Waals surface area (Å²) in [5, 5.41) is 0.638. The van der Waals surface area contributed by atoms with E-state index in [1.807, 2.05) is 24.4 Å². The molecule has 0 amide bonds. The van der Waals surface area contributed by atoms with Crippen LogP contribution in [0.4, 0.5) is 16.8 Å². The highest BCUT2D eigenvalue weighted by atomic mass is 35.5. The van der Waals surface area contributed by atoms with Gasteiger partial charge in [0.2, 0.25) is 5.28 Å². The number of benzene rings is 1. The number of nitrogens with two attached hydrogens (primary N) is 2. The molecule has 0 fully saturated rings. The van der Waals surface area contributed by atoms with Crippen LogP contribution in [-0.4, -0.2) is 33.1 Å². The Bertz CT molecular complexity index is 1210. The Morgan fingerprint density at radius 3 is 2.83 bits per heavy atom. The lowest BCUT2D eigenvalue weighted by Crippen LogP contribution is -2.26. The molecular weight excluding hydrogens is 410 g/mol. The van der Waals surface area contributed by atoms with E-state index in [0.717, 1.165) is 32.8 Å². The molecule has 3 aromatic heterocycles. The Morgan fingerprint density at radius 1 is 1.07 bits per heavy atom. The molecule has 4 heterocycles. The van der Waals surface area contributed by atoms with E-state index >= 15 is 0 Å². The van der Waals surface area contributed by atoms with E-state index in [9.17, 15) is 0 Å². The summed E-state index contributed by atoms with van der Waals surface area (Å²) in [4.78, 5) is 19.9. The lowest BCUT2D eigenvalue weighted by Gasteiger charge is -2.21. The van der Waals surface area contributed by atoms with Gasteiger partial charge in [-0.05, 0) is 35.4 Å². The third-order valence-corrected chi connectivity index (χ3v) is 5.64. The van der Waals surface area contributed by atoms with Crippen molar-refractivity contribution >= 4 is 50.1 Å². The number of fused-ring (bicyclic) bond motifs is 2. The Morgan fingerprint density at radius 2 is 1.97 bits per heavy atom. The van der Waals surface area contributed by atoms with E-state index in [4.69, 9.17) is 27.8 Å². The van der Waals surface area contributed by atoms with Crippen molar-refractivity contribution in [3.63, 3.8) is 0 Å². The quantitative estimate of drug-likeness (QED) is 0.469. The van der Waals surface area contributed by atoms with E-state index in [-0.39, 0.29) is 5.28 Å². The van der Waals surface area contributed by atoms with Crippen molar-refractivity contribution in [2.24, 2.45) is 0 Å². The fourth-order valence-corrected chi connectivity index (χ4v) is 4.19. The summed E-state index contributed by atoms with van der Waals surface area (Å²) in [6.45, 7) is 1.79. The molecule has 29 heavy (non-hydrogen) atoms. The van der Waals surface area contributed by atoms with Crippen LogP contribution in [-0.2, 0) is 6.54 Å². The number of nitrogen functional groups attached to an aromatic ring is 2. The minimum absolute atomic E-state index is 0.126. The first-order chi connectivity index (χ1) is 14.0. The number of pyridine rings is 1. The van der Waals surface area contributed by atoms with Crippen molar-refractivity contribution in [3.8, 4) is 16.9 Å². The average molecular weight is 426 g/mol. The van der Waals surface area contributed by atoms with Gasteiger partial charge in [-0.2, -0.15) is 0 Å². The van der Waals surface area contributed by atoms with Crippen LogP contribution in [0.3, 0.4) is 0 Å². The van der Waals surface area contributed by atoms with E-state index in [1.54, 1.807) is 6.07 Å². The van der Waals surface area contributed by atoms with Gasteiger partial charge in [-0.25, -0.2) is 19.9 Å². The van der Waals surface area contributed by atoms with Gasteiger partial charge in [-0.15, -0.1) is 0 Å². The topological polar surface area (TPSA) is 116 Å². The fraction of sp³-hybridized carbons (Fsp3) is 0.158. The molecule has 4 aromatic rings. The molecule has 0 radical (unpaired) electrons. The molecule has 4 N–H and O–H groups in total. The Kier molecular flexibility index (Phi) is 4.33. The number of anilines is 3. The summed E-state index contributed by atoms with van der Waals surface area (Å²) in [5.74, 6) is 1.85. The number of ether oxygens (including phenoxy) is 1. The van der Waals surface area contributed by atoms with Crippen LogP contribution in [0.25, 0.3) is 21.5 Å². The van der Waals surface area contributed by atoms with Crippen molar-refractivity contribution in [2.75, 3.05) is 29.5 Å². The Hall–Kier alpha value is -3.17. The number of thiazole rings is 1. The monoisotopic (exact) mass is 425 g/mol. The summed E-state index contributed by atoms with van der Waals surface area (Å²) >= 11 is 7.36. The van der Waals surface area contributed by atoms with E-state index in [0.29, 0.717) is 36.5 Å². The molecule has 0 saturated heterocycles. The van der Waals surface area contributed by atoms with Gasteiger partial charge in [0.15, 0.2) is 5.13 Å². The van der Waals surface area contributed by atoms with Gasteiger partial charge in [0.1, 0.15) is 34.3 Å². The predicted molar refractivity (Wildman–Crippen MR) is 115 cm³/mol. The molecule has 0 saturated carbocycles. The first kappa shape index (κ1) is 17.9. The smallest absolute Gasteiger partial charge is 0.226 e. The zero-order valence-electron chi connectivity index (χ0n) is 15.2. The molecule has 1 aliphatic heterocycles. The van der Waals surface area contributed by atoms with Crippen LogP contribution in [0.2, 0.25) is 5.28 Å². The molecule has 8 nitrogen and oxygen atoms in total. The van der Waals surface area contributed by atoms with Crippen molar-refractivity contribution in [1.29, 1.82) is 0 Å². The van der Waals surface area contributed by atoms with Gasteiger partial charge in [0.25, 0.3) is 0 Å². The molecule has 0 unspecified atom stereocenters. The van der Waals surface area contributed by atoms with Crippen LogP contribution in [0.5, 0.6) is 5.75 Å². The highest BCUT2D eigenvalue weighted by Crippen LogP contribution is 2.32. The molecule has 146 valence electrons. The molecule has 10 heteroatoms. The molecular formula is C19H16ClN7OS. The van der Waals surface area contributed by atoms with Crippen molar-refractivity contribution in [1.82, 2.24) is 19.9 Å². The maximum absolute atomic E-state index is 5.98. The van der Waals surface area contributed by atoms with Crippen LogP contribution < -0.4 is 21.1 Å². The predicted octanol–water partition coefficient (Wildman–Crippen LogP) is 3.37. The van der Waals surface area contributed by atoms with E-state index < -0.39 is 0 Å². The van der Waals surface area contributed by atoms with Gasteiger partial charge in [0, 0.05) is 29.9 Å². The molecule has 1 aliphatic rings. The normalized spacial score (nSPS) is 13.8. The van der Waals surface area contributed by atoms with E-state index in [1.165, 1.54) is 11.3 Å². The Labute approximate surface area is 175 Å². The standard InChI is InChI=1S/C19H16ClN7OS/c20-18-25-15(21)7-16(26-18)27-3-4-28-14-2-1-10(5-12(14)9-27)11-6-13-17(23-8-11)29-19(22)24-13/h1-2,5-8H,3-4,9H2,(H2,22,24)(H2,21,25,26). The fourth-order valence-electron chi connectivity index (χ4n) is 3.35. The highest BCUT2D eigenvalue weighted by Gasteiger charge is 2.19.